The van der Waals surface area contributed by atoms with Crippen molar-refractivity contribution in [1.29, 1.82) is 0 Å². The van der Waals surface area contributed by atoms with Gasteiger partial charge in [-0.25, -0.2) is 0 Å². The Kier molecular flexibility index (Phi) is 3.09. The van der Waals surface area contributed by atoms with Crippen LogP contribution < -0.4 is 5.73 Å². The monoisotopic (exact) mass is 173 g/mol. The maximum Gasteiger partial charge on any atom is 0.126 e. The topological polar surface area (TPSA) is 55.5 Å². The van der Waals surface area contributed by atoms with Crippen LogP contribution in [-0.4, -0.2) is 30.0 Å². The second-order valence-corrected chi connectivity index (χ2v) is 4.17. The molecule has 1 fully saturated rings. The lowest BCUT2D eigenvalue weighted by atomic mass is 9.88. The van der Waals surface area contributed by atoms with Gasteiger partial charge in [-0.3, -0.25) is 0 Å². The third-order valence-electron chi connectivity index (χ3n) is 2.45. The van der Waals surface area contributed by atoms with Gasteiger partial charge in [-0.15, -0.1) is 0 Å². The summed E-state index contributed by atoms with van der Waals surface area (Å²) >= 11 is 0. The molecule has 3 heteroatoms. The molecule has 1 saturated heterocycles. The van der Waals surface area contributed by atoms with E-state index >= 15 is 0 Å². The molecule has 1 atom stereocenters. The van der Waals surface area contributed by atoms with Crippen molar-refractivity contribution in [3.8, 4) is 0 Å². The molecule has 0 aliphatic carbocycles. The molecule has 1 rings (SSSR count). The number of nitrogens with two attached hydrogens (primary N) is 1. The molecular weight excluding hydrogens is 154 g/mol. The van der Waals surface area contributed by atoms with Crippen LogP contribution in [0.15, 0.2) is 0 Å². The molecule has 72 valence electrons. The van der Waals surface area contributed by atoms with E-state index in [0.717, 1.165) is 12.8 Å². The van der Waals surface area contributed by atoms with Gasteiger partial charge in [-0.1, -0.05) is 13.8 Å². The van der Waals surface area contributed by atoms with E-state index in [1.165, 1.54) is 0 Å². The van der Waals surface area contributed by atoms with Gasteiger partial charge in [0.1, 0.15) is 5.60 Å². The quantitative estimate of drug-likeness (QED) is 0.651. The van der Waals surface area contributed by atoms with Crippen LogP contribution >= 0.6 is 0 Å². The molecule has 1 aliphatic heterocycles. The Morgan fingerprint density at radius 2 is 2.00 bits per heavy atom. The molecular formula is C9H19NO2. The minimum atomic E-state index is -0.727. The van der Waals surface area contributed by atoms with Crippen LogP contribution in [0.2, 0.25) is 0 Å². The predicted molar refractivity (Wildman–Crippen MR) is 47.8 cm³/mol. The van der Waals surface area contributed by atoms with Gasteiger partial charge >= 0.3 is 0 Å². The van der Waals surface area contributed by atoms with Gasteiger partial charge in [0.2, 0.25) is 0 Å². The SMILES string of the molecule is CC(C)CCC(N)C1(O)COC1. The Balaban J connectivity index is 2.23. The highest BCUT2D eigenvalue weighted by molar-refractivity contribution is 4.94. The van der Waals surface area contributed by atoms with Crippen molar-refractivity contribution < 1.29 is 9.84 Å². The molecule has 1 aliphatic rings. The van der Waals surface area contributed by atoms with Gasteiger partial charge in [-0.2, -0.15) is 0 Å². The summed E-state index contributed by atoms with van der Waals surface area (Å²) < 4.78 is 4.94. The molecule has 0 bridgehead atoms. The van der Waals surface area contributed by atoms with E-state index in [4.69, 9.17) is 10.5 Å². The molecule has 1 unspecified atom stereocenters. The number of aliphatic hydroxyl groups is 1. The summed E-state index contributed by atoms with van der Waals surface area (Å²) in [5.74, 6) is 0.653. The first-order chi connectivity index (χ1) is 5.54. The third kappa shape index (κ3) is 2.19. The normalized spacial score (nSPS) is 23.8. The zero-order valence-electron chi connectivity index (χ0n) is 7.92. The molecule has 3 N–H and O–H groups in total. The highest BCUT2D eigenvalue weighted by atomic mass is 16.5. The third-order valence-corrected chi connectivity index (χ3v) is 2.45. The highest BCUT2D eigenvalue weighted by Crippen LogP contribution is 2.23. The Morgan fingerprint density at radius 3 is 2.33 bits per heavy atom. The van der Waals surface area contributed by atoms with E-state index in [-0.39, 0.29) is 6.04 Å². The van der Waals surface area contributed by atoms with Crippen molar-refractivity contribution >= 4 is 0 Å². The Bertz CT molecular complexity index is 143. The van der Waals surface area contributed by atoms with E-state index in [1.807, 2.05) is 0 Å². The Hall–Kier alpha value is -0.120. The fourth-order valence-corrected chi connectivity index (χ4v) is 1.31. The van der Waals surface area contributed by atoms with Gasteiger partial charge in [0, 0.05) is 6.04 Å². The lowest BCUT2D eigenvalue weighted by Gasteiger charge is -2.41. The first-order valence-electron chi connectivity index (χ1n) is 4.60. The molecule has 1 heterocycles. The minimum Gasteiger partial charge on any atom is -0.383 e. The van der Waals surface area contributed by atoms with Crippen molar-refractivity contribution in [2.75, 3.05) is 13.2 Å². The molecule has 0 amide bonds. The molecule has 0 aromatic rings. The summed E-state index contributed by atoms with van der Waals surface area (Å²) in [6.07, 6.45) is 1.96. The average molecular weight is 173 g/mol. The molecule has 0 saturated carbocycles. The van der Waals surface area contributed by atoms with E-state index in [2.05, 4.69) is 13.8 Å². The fourth-order valence-electron chi connectivity index (χ4n) is 1.31. The van der Waals surface area contributed by atoms with Crippen molar-refractivity contribution in [2.24, 2.45) is 11.7 Å². The van der Waals surface area contributed by atoms with Gasteiger partial charge in [0.05, 0.1) is 13.2 Å². The van der Waals surface area contributed by atoms with Crippen molar-refractivity contribution in [1.82, 2.24) is 0 Å². The lowest BCUT2D eigenvalue weighted by Crippen LogP contribution is -2.61. The van der Waals surface area contributed by atoms with Crippen LogP contribution in [-0.2, 0) is 4.74 Å². The molecule has 12 heavy (non-hydrogen) atoms. The maximum atomic E-state index is 9.74. The first-order valence-corrected chi connectivity index (χ1v) is 4.60. The minimum absolute atomic E-state index is 0.117. The van der Waals surface area contributed by atoms with Gasteiger partial charge < -0.3 is 15.6 Å². The summed E-state index contributed by atoms with van der Waals surface area (Å²) in [6, 6.07) is -0.117. The highest BCUT2D eigenvalue weighted by Gasteiger charge is 2.41. The lowest BCUT2D eigenvalue weighted by molar-refractivity contribution is -0.190. The van der Waals surface area contributed by atoms with Gasteiger partial charge in [-0.05, 0) is 18.8 Å². The fraction of sp³-hybridized carbons (Fsp3) is 1.00. The second-order valence-electron chi connectivity index (χ2n) is 4.17. The molecule has 0 spiro atoms. The van der Waals surface area contributed by atoms with Crippen LogP contribution in [0.1, 0.15) is 26.7 Å². The summed E-state index contributed by atoms with van der Waals surface area (Å²) in [4.78, 5) is 0. The first kappa shape index (κ1) is 9.96. The van der Waals surface area contributed by atoms with Crippen LogP contribution in [0.4, 0.5) is 0 Å². The van der Waals surface area contributed by atoms with Gasteiger partial charge in [0.15, 0.2) is 0 Å². The van der Waals surface area contributed by atoms with Crippen LogP contribution in [0.5, 0.6) is 0 Å². The van der Waals surface area contributed by atoms with Crippen molar-refractivity contribution in [3.05, 3.63) is 0 Å². The predicted octanol–water partition coefficient (Wildman–Crippen LogP) is 0.511. The van der Waals surface area contributed by atoms with Gasteiger partial charge in [0.25, 0.3) is 0 Å². The molecule has 3 nitrogen and oxygen atoms in total. The van der Waals surface area contributed by atoms with E-state index in [0.29, 0.717) is 19.1 Å². The number of hydrogen-bond donors (Lipinski definition) is 2. The molecule has 0 radical (unpaired) electrons. The Labute approximate surface area is 73.9 Å². The van der Waals surface area contributed by atoms with Crippen LogP contribution in [0.3, 0.4) is 0 Å². The van der Waals surface area contributed by atoms with Crippen molar-refractivity contribution in [3.63, 3.8) is 0 Å². The Morgan fingerprint density at radius 1 is 1.42 bits per heavy atom. The molecule has 0 aromatic heterocycles. The zero-order valence-corrected chi connectivity index (χ0v) is 7.92. The van der Waals surface area contributed by atoms with Crippen molar-refractivity contribution in [2.45, 2.75) is 38.3 Å². The number of rotatable bonds is 4. The standard InChI is InChI=1S/C9H19NO2/c1-7(2)3-4-8(10)9(11)5-12-6-9/h7-8,11H,3-6,10H2,1-2H3. The number of ether oxygens (including phenoxy) is 1. The second kappa shape index (κ2) is 3.73. The van der Waals surface area contributed by atoms with E-state index in [1.54, 1.807) is 0 Å². The zero-order chi connectivity index (χ0) is 9.19. The summed E-state index contributed by atoms with van der Waals surface area (Å²) in [6.45, 7) is 5.14. The largest absolute Gasteiger partial charge is 0.383 e. The van der Waals surface area contributed by atoms with Crippen LogP contribution in [0.25, 0.3) is 0 Å². The average Bonchev–Trinajstić information content (AvgIpc) is 1.95. The maximum absolute atomic E-state index is 9.74. The number of hydrogen-bond acceptors (Lipinski definition) is 3. The molecule has 0 aromatic carbocycles. The summed E-state index contributed by atoms with van der Waals surface area (Å²) in [5.41, 5.74) is 5.10. The smallest absolute Gasteiger partial charge is 0.126 e. The van der Waals surface area contributed by atoms with E-state index < -0.39 is 5.60 Å². The van der Waals surface area contributed by atoms with E-state index in [9.17, 15) is 5.11 Å². The summed E-state index contributed by atoms with van der Waals surface area (Å²) in [7, 11) is 0. The van der Waals surface area contributed by atoms with Crippen LogP contribution in [0, 0.1) is 5.92 Å². The summed E-state index contributed by atoms with van der Waals surface area (Å²) in [5, 5.41) is 9.74.